The van der Waals surface area contributed by atoms with Gasteiger partial charge in [-0.25, -0.2) is 9.78 Å². The maximum atomic E-state index is 13.2. The molecule has 0 aliphatic heterocycles. The number of halogens is 3. The van der Waals surface area contributed by atoms with Crippen LogP contribution in [0.15, 0.2) is 63.1 Å². The summed E-state index contributed by atoms with van der Waals surface area (Å²) in [6, 6.07) is 12.0. The van der Waals surface area contributed by atoms with E-state index in [1.165, 1.54) is 18.2 Å². The molecule has 0 fully saturated rings. The fourth-order valence-corrected chi connectivity index (χ4v) is 3.70. The molecule has 2 heterocycles. The standard InChI is InChI=1S/C21H15F3N2O3S/c1-2-28-17-9-5-6-12-10-13(19(27)29-18(12)17)16-11-30-20(26-16)25-15-8-4-3-7-14(15)21(22,23)24/h3-11H,2H2,1H3,(H,25,26). The lowest BCUT2D eigenvalue weighted by Gasteiger charge is -2.12. The predicted molar refractivity (Wildman–Crippen MR) is 109 cm³/mol. The zero-order valence-electron chi connectivity index (χ0n) is 15.6. The van der Waals surface area contributed by atoms with Crippen LogP contribution in [0.3, 0.4) is 0 Å². The lowest BCUT2D eigenvalue weighted by atomic mass is 10.1. The highest BCUT2D eigenvalue weighted by Crippen LogP contribution is 2.37. The number of aromatic nitrogens is 1. The molecule has 1 N–H and O–H groups in total. The molecular formula is C21H15F3N2O3S. The van der Waals surface area contributed by atoms with E-state index in [0.717, 1.165) is 17.4 Å². The van der Waals surface area contributed by atoms with E-state index >= 15 is 0 Å². The maximum Gasteiger partial charge on any atom is 0.418 e. The molecule has 0 atom stereocenters. The van der Waals surface area contributed by atoms with E-state index in [2.05, 4.69) is 10.3 Å². The number of alkyl halides is 3. The molecule has 9 heteroatoms. The van der Waals surface area contributed by atoms with Crippen LogP contribution in [0.1, 0.15) is 12.5 Å². The normalized spacial score (nSPS) is 11.6. The summed E-state index contributed by atoms with van der Waals surface area (Å²) in [6.07, 6.45) is -4.50. The summed E-state index contributed by atoms with van der Waals surface area (Å²) in [5.41, 5.74) is -0.662. The van der Waals surface area contributed by atoms with Crippen molar-refractivity contribution in [3.8, 4) is 17.0 Å². The molecule has 0 saturated carbocycles. The summed E-state index contributed by atoms with van der Waals surface area (Å²) in [5.74, 6) is 0.461. The van der Waals surface area contributed by atoms with Crippen molar-refractivity contribution >= 4 is 33.1 Å². The van der Waals surface area contributed by atoms with Gasteiger partial charge < -0.3 is 14.5 Å². The molecule has 0 saturated heterocycles. The van der Waals surface area contributed by atoms with Gasteiger partial charge in [0.2, 0.25) is 0 Å². The smallest absolute Gasteiger partial charge is 0.418 e. The molecule has 0 amide bonds. The van der Waals surface area contributed by atoms with Gasteiger partial charge in [0.15, 0.2) is 16.5 Å². The molecule has 0 bridgehead atoms. The number of thiazole rings is 1. The first-order chi connectivity index (χ1) is 14.4. The topological polar surface area (TPSA) is 64.4 Å². The fraction of sp³-hybridized carbons (Fsp3) is 0.143. The second-order valence-electron chi connectivity index (χ2n) is 6.26. The van der Waals surface area contributed by atoms with Crippen LogP contribution in [0.2, 0.25) is 0 Å². The van der Waals surface area contributed by atoms with Gasteiger partial charge in [0.1, 0.15) is 0 Å². The third-order valence-electron chi connectivity index (χ3n) is 4.28. The molecule has 2 aromatic carbocycles. The Morgan fingerprint density at radius 2 is 1.97 bits per heavy atom. The predicted octanol–water partition coefficient (Wildman–Crippen LogP) is 6.08. The molecule has 0 radical (unpaired) electrons. The van der Waals surface area contributed by atoms with E-state index in [0.29, 0.717) is 29.0 Å². The monoisotopic (exact) mass is 432 g/mol. The zero-order valence-corrected chi connectivity index (χ0v) is 16.4. The Morgan fingerprint density at radius 1 is 1.17 bits per heavy atom. The first-order valence-electron chi connectivity index (χ1n) is 8.95. The largest absolute Gasteiger partial charge is 0.490 e. The summed E-state index contributed by atoms with van der Waals surface area (Å²) in [5, 5.41) is 5.15. The number of anilines is 2. The number of hydrogen-bond donors (Lipinski definition) is 1. The first-order valence-corrected chi connectivity index (χ1v) is 9.83. The minimum Gasteiger partial charge on any atom is -0.490 e. The Morgan fingerprint density at radius 3 is 2.73 bits per heavy atom. The third kappa shape index (κ3) is 3.88. The van der Waals surface area contributed by atoms with E-state index in [-0.39, 0.29) is 16.4 Å². The molecule has 0 spiro atoms. The molecule has 0 unspecified atom stereocenters. The van der Waals surface area contributed by atoms with Gasteiger partial charge in [0.05, 0.1) is 29.1 Å². The molecule has 4 aromatic rings. The number of rotatable bonds is 5. The van der Waals surface area contributed by atoms with Crippen molar-refractivity contribution in [3.05, 3.63) is 69.9 Å². The quantitative estimate of drug-likeness (QED) is 0.387. The van der Waals surface area contributed by atoms with E-state index in [4.69, 9.17) is 9.15 Å². The van der Waals surface area contributed by atoms with Gasteiger partial charge in [0, 0.05) is 10.8 Å². The second kappa shape index (κ2) is 7.83. The number of para-hydroxylation sites is 2. The van der Waals surface area contributed by atoms with E-state index in [9.17, 15) is 18.0 Å². The van der Waals surface area contributed by atoms with Crippen molar-refractivity contribution in [1.82, 2.24) is 4.98 Å². The van der Waals surface area contributed by atoms with Crippen LogP contribution in [0.4, 0.5) is 24.0 Å². The van der Waals surface area contributed by atoms with E-state index in [1.807, 2.05) is 6.92 Å². The van der Waals surface area contributed by atoms with Crippen molar-refractivity contribution in [3.63, 3.8) is 0 Å². The number of fused-ring (bicyclic) bond motifs is 1. The number of nitrogens with one attached hydrogen (secondary N) is 1. The van der Waals surface area contributed by atoms with Gasteiger partial charge in [-0.05, 0) is 31.2 Å². The summed E-state index contributed by atoms with van der Waals surface area (Å²) in [4.78, 5) is 16.8. The Hall–Kier alpha value is -3.33. The minimum absolute atomic E-state index is 0.113. The Labute approximate surface area is 172 Å². The van der Waals surface area contributed by atoms with Gasteiger partial charge >= 0.3 is 11.8 Å². The number of hydrogen-bond acceptors (Lipinski definition) is 6. The van der Waals surface area contributed by atoms with Crippen molar-refractivity contribution in [2.45, 2.75) is 13.1 Å². The minimum atomic E-state index is -4.50. The lowest BCUT2D eigenvalue weighted by molar-refractivity contribution is -0.136. The molecule has 4 rings (SSSR count). The number of nitrogens with zero attached hydrogens (tertiary/aromatic N) is 1. The van der Waals surface area contributed by atoms with Crippen LogP contribution in [-0.2, 0) is 6.18 Å². The zero-order chi connectivity index (χ0) is 21.3. The Bertz CT molecular complexity index is 1260. The van der Waals surface area contributed by atoms with Gasteiger partial charge in [0.25, 0.3) is 0 Å². The van der Waals surface area contributed by atoms with Gasteiger partial charge in [-0.2, -0.15) is 13.2 Å². The van der Waals surface area contributed by atoms with Crippen molar-refractivity contribution in [2.75, 3.05) is 11.9 Å². The van der Waals surface area contributed by atoms with E-state index in [1.54, 1.807) is 29.6 Å². The van der Waals surface area contributed by atoms with Crippen LogP contribution in [0, 0.1) is 0 Å². The average molecular weight is 432 g/mol. The molecule has 2 aromatic heterocycles. The number of ether oxygens (including phenoxy) is 1. The summed E-state index contributed by atoms with van der Waals surface area (Å²) in [7, 11) is 0. The summed E-state index contributed by atoms with van der Waals surface area (Å²) >= 11 is 1.09. The molecular weight excluding hydrogens is 417 g/mol. The Kier molecular flexibility index (Phi) is 5.21. The van der Waals surface area contributed by atoms with Crippen molar-refractivity contribution in [1.29, 1.82) is 0 Å². The second-order valence-corrected chi connectivity index (χ2v) is 7.12. The summed E-state index contributed by atoms with van der Waals surface area (Å²) in [6.45, 7) is 2.25. The van der Waals surface area contributed by atoms with Crippen LogP contribution in [0.5, 0.6) is 5.75 Å². The number of benzene rings is 2. The van der Waals surface area contributed by atoms with Crippen molar-refractivity contribution in [2.24, 2.45) is 0 Å². The average Bonchev–Trinajstić information content (AvgIpc) is 3.16. The molecule has 0 aliphatic carbocycles. The SMILES string of the molecule is CCOc1cccc2cc(-c3csc(Nc4ccccc4C(F)(F)F)n3)c(=O)oc12. The van der Waals surface area contributed by atoms with Crippen LogP contribution >= 0.6 is 11.3 Å². The van der Waals surface area contributed by atoms with Crippen LogP contribution < -0.4 is 15.7 Å². The Balaban J connectivity index is 1.69. The van der Waals surface area contributed by atoms with Crippen LogP contribution in [0.25, 0.3) is 22.2 Å². The molecule has 154 valence electrons. The van der Waals surface area contributed by atoms with Gasteiger partial charge in [-0.1, -0.05) is 24.3 Å². The highest BCUT2D eigenvalue weighted by molar-refractivity contribution is 7.14. The molecule has 30 heavy (non-hydrogen) atoms. The molecule has 5 nitrogen and oxygen atoms in total. The highest BCUT2D eigenvalue weighted by Gasteiger charge is 2.33. The molecule has 0 aliphatic rings. The summed E-state index contributed by atoms with van der Waals surface area (Å²) < 4.78 is 50.5. The van der Waals surface area contributed by atoms with Crippen molar-refractivity contribution < 1.29 is 22.3 Å². The third-order valence-corrected chi connectivity index (χ3v) is 5.04. The van der Waals surface area contributed by atoms with E-state index < -0.39 is 17.4 Å². The van der Waals surface area contributed by atoms with Crippen LogP contribution in [-0.4, -0.2) is 11.6 Å². The first kappa shape index (κ1) is 20.0. The highest BCUT2D eigenvalue weighted by atomic mass is 32.1. The lowest BCUT2D eigenvalue weighted by Crippen LogP contribution is -2.08. The maximum absolute atomic E-state index is 13.2. The van der Waals surface area contributed by atoms with Gasteiger partial charge in [-0.3, -0.25) is 0 Å². The fourth-order valence-electron chi connectivity index (χ4n) is 2.97. The van der Waals surface area contributed by atoms with Gasteiger partial charge in [-0.15, -0.1) is 11.3 Å².